The molecule has 8 heteroatoms. The number of anilines is 2. The maximum absolute atomic E-state index is 12.8. The van der Waals surface area contributed by atoms with E-state index in [2.05, 4.69) is 10.3 Å². The van der Waals surface area contributed by atoms with Crippen molar-refractivity contribution >= 4 is 11.6 Å². The molecule has 106 valence electrons. The highest BCUT2D eigenvalue weighted by Crippen LogP contribution is 2.33. The summed E-state index contributed by atoms with van der Waals surface area (Å²) in [6.07, 6.45) is -6.43. The Bertz CT molecular complexity index is 457. The third-order valence-electron chi connectivity index (χ3n) is 2.98. The molecule has 2 atom stereocenters. The van der Waals surface area contributed by atoms with Crippen LogP contribution in [-0.2, 0) is 6.18 Å². The maximum Gasteiger partial charge on any atom is 0.416 e. The Morgan fingerprint density at radius 2 is 1.84 bits per heavy atom. The van der Waals surface area contributed by atoms with Gasteiger partial charge in [-0.1, -0.05) is 0 Å². The van der Waals surface area contributed by atoms with Crippen LogP contribution in [0.1, 0.15) is 5.56 Å². The van der Waals surface area contributed by atoms with Crippen molar-refractivity contribution in [3.05, 3.63) is 17.7 Å². The predicted molar refractivity (Wildman–Crippen MR) is 63.0 cm³/mol. The number of pyridine rings is 1. The Hall–Kier alpha value is -1.54. The molecule has 0 radical (unpaired) electrons. The van der Waals surface area contributed by atoms with Crippen LogP contribution in [0.15, 0.2) is 12.1 Å². The van der Waals surface area contributed by atoms with Crippen LogP contribution in [0, 0.1) is 0 Å². The number of alkyl halides is 3. The van der Waals surface area contributed by atoms with E-state index in [1.807, 2.05) is 0 Å². The fourth-order valence-corrected chi connectivity index (χ4v) is 1.93. The number of aliphatic hydroxyl groups excluding tert-OH is 2. The summed E-state index contributed by atoms with van der Waals surface area (Å²) in [4.78, 5) is 5.43. The van der Waals surface area contributed by atoms with Gasteiger partial charge in [-0.25, -0.2) is 4.98 Å². The van der Waals surface area contributed by atoms with Gasteiger partial charge in [0, 0.05) is 20.1 Å². The van der Waals surface area contributed by atoms with E-state index < -0.39 is 23.9 Å². The molecule has 2 heterocycles. The van der Waals surface area contributed by atoms with E-state index in [4.69, 9.17) is 0 Å². The van der Waals surface area contributed by atoms with Crippen molar-refractivity contribution in [3.8, 4) is 0 Å². The molecule has 5 nitrogen and oxygen atoms in total. The summed E-state index contributed by atoms with van der Waals surface area (Å²) in [5.41, 5.74) is -0.822. The predicted octanol–water partition coefficient (Wildman–Crippen LogP) is 0.684. The van der Waals surface area contributed by atoms with Gasteiger partial charge >= 0.3 is 6.18 Å². The lowest BCUT2D eigenvalue weighted by molar-refractivity contribution is -0.137. The fourth-order valence-electron chi connectivity index (χ4n) is 1.93. The van der Waals surface area contributed by atoms with Crippen LogP contribution >= 0.6 is 0 Å². The lowest BCUT2D eigenvalue weighted by Crippen LogP contribution is -2.23. The molecule has 1 aliphatic heterocycles. The van der Waals surface area contributed by atoms with Crippen LogP contribution in [0.2, 0.25) is 0 Å². The van der Waals surface area contributed by atoms with Crippen LogP contribution in [0.25, 0.3) is 0 Å². The molecule has 0 saturated carbocycles. The molecule has 1 aromatic rings. The third-order valence-corrected chi connectivity index (χ3v) is 2.98. The summed E-state index contributed by atoms with van der Waals surface area (Å²) in [7, 11) is 1.47. The summed E-state index contributed by atoms with van der Waals surface area (Å²) in [5, 5.41) is 21.4. The topological polar surface area (TPSA) is 68.6 Å². The van der Waals surface area contributed by atoms with Crippen molar-refractivity contribution in [1.29, 1.82) is 0 Å². The summed E-state index contributed by atoms with van der Waals surface area (Å²) >= 11 is 0. The van der Waals surface area contributed by atoms with Gasteiger partial charge in [0.15, 0.2) is 0 Å². The lowest BCUT2D eigenvalue weighted by Gasteiger charge is -2.19. The van der Waals surface area contributed by atoms with E-state index in [9.17, 15) is 23.4 Å². The van der Waals surface area contributed by atoms with Gasteiger partial charge in [0.2, 0.25) is 0 Å². The second-order valence-corrected chi connectivity index (χ2v) is 4.39. The van der Waals surface area contributed by atoms with Crippen LogP contribution in [0.4, 0.5) is 24.8 Å². The third kappa shape index (κ3) is 2.90. The molecule has 1 fully saturated rings. The highest BCUT2D eigenvalue weighted by Gasteiger charge is 2.34. The van der Waals surface area contributed by atoms with Gasteiger partial charge < -0.3 is 20.4 Å². The van der Waals surface area contributed by atoms with Crippen LogP contribution < -0.4 is 10.2 Å². The fraction of sp³-hybridized carbons (Fsp3) is 0.545. The number of rotatable bonds is 2. The molecule has 3 N–H and O–H groups in total. The smallest absolute Gasteiger partial charge is 0.389 e. The SMILES string of the molecule is CNc1cc(C(F)(F)F)cc(N2CC(O)C(O)C2)n1. The Morgan fingerprint density at radius 3 is 2.32 bits per heavy atom. The van der Waals surface area contributed by atoms with E-state index in [1.165, 1.54) is 11.9 Å². The van der Waals surface area contributed by atoms with Gasteiger partial charge in [0.25, 0.3) is 0 Å². The highest BCUT2D eigenvalue weighted by molar-refractivity contribution is 5.52. The lowest BCUT2D eigenvalue weighted by atomic mass is 10.2. The number of hydrogen-bond donors (Lipinski definition) is 3. The van der Waals surface area contributed by atoms with Gasteiger partial charge in [-0.05, 0) is 12.1 Å². The minimum Gasteiger partial charge on any atom is -0.389 e. The standard InChI is InChI=1S/C11H14F3N3O2/c1-15-9-2-6(11(12,13)14)3-10(16-9)17-4-7(18)8(19)5-17/h2-3,7-8,18-19H,4-5H2,1H3,(H,15,16). The van der Waals surface area contributed by atoms with E-state index in [1.54, 1.807) is 0 Å². The second-order valence-electron chi connectivity index (χ2n) is 4.39. The van der Waals surface area contributed by atoms with Crippen molar-refractivity contribution in [3.63, 3.8) is 0 Å². The van der Waals surface area contributed by atoms with E-state index in [-0.39, 0.29) is 24.7 Å². The molecule has 1 aromatic heterocycles. The number of aromatic nitrogens is 1. The zero-order valence-corrected chi connectivity index (χ0v) is 10.1. The zero-order chi connectivity index (χ0) is 14.2. The Balaban J connectivity index is 2.35. The van der Waals surface area contributed by atoms with E-state index >= 15 is 0 Å². The summed E-state index contributed by atoms with van der Waals surface area (Å²) in [5.74, 6) is 0.162. The molecule has 1 aliphatic rings. The highest BCUT2D eigenvalue weighted by atomic mass is 19.4. The summed E-state index contributed by atoms with van der Waals surface area (Å²) < 4.78 is 38.3. The zero-order valence-electron chi connectivity index (χ0n) is 10.1. The average molecular weight is 277 g/mol. The minimum atomic E-state index is -4.47. The molecule has 0 aliphatic carbocycles. The Labute approximate surface area is 107 Å². The summed E-state index contributed by atoms with van der Waals surface area (Å²) in [6, 6.07) is 1.82. The van der Waals surface area contributed by atoms with Gasteiger partial charge in [0.05, 0.1) is 17.8 Å². The number of aliphatic hydroxyl groups is 2. The molecular formula is C11H14F3N3O2. The molecule has 2 rings (SSSR count). The number of halogens is 3. The largest absolute Gasteiger partial charge is 0.416 e. The van der Waals surface area contributed by atoms with E-state index in [0.29, 0.717) is 0 Å². The normalized spacial score (nSPS) is 23.8. The first-order valence-electron chi connectivity index (χ1n) is 5.69. The molecule has 0 bridgehead atoms. The number of hydrogen-bond acceptors (Lipinski definition) is 5. The van der Waals surface area contributed by atoms with Gasteiger partial charge in [0.1, 0.15) is 11.6 Å². The number of nitrogens with zero attached hydrogens (tertiary/aromatic N) is 2. The monoisotopic (exact) mass is 277 g/mol. The molecule has 0 aromatic carbocycles. The molecule has 19 heavy (non-hydrogen) atoms. The number of nitrogens with one attached hydrogen (secondary N) is 1. The van der Waals surface area contributed by atoms with Gasteiger partial charge in [-0.3, -0.25) is 0 Å². The first-order valence-corrected chi connectivity index (χ1v) is 5.69. The van der Waals surface area contributed by atoms with Gasteiger partial charge in [-0.15, -0.1) is 0 Å². The number of β-amino-alcohol motifs (C(OH)–C–C–N with tert-alkyl or cyclic N) is 2. The van der Waals surface area contributed by atoms with Crippen molar-refractivity contribution in [1.82, 2.24) is 4.98 Å². The van der Waals surface area contributed by atoms with E-state index in [0.717, 1.165) is 12.1 Å². The second kappa shape index (κ2) is 4.86. The maximum atomic E-state index is 12.8. The Morgan fingerprint density at radius 1 is 1.26 bits per heavy atom. The molecule has 0 amide bonds. The molecule has 2 unspecified atom stereocenters. The Kier molecular flexibility index (Phi) is 3.55. The van der Waals surface area contributed by atoms with Crippen molar-refractivity contribution in [2.45, 2.75) is 18.4 Å². The summed E-state index contributed by atoms with van der Waals surface area (Å²) in [6.45, 7) is 0.108. The quantitative estimate of drug-likeness (QED) is 0.742. The average Bonchev–Trinajstić information content (AvgIpc) is 2.68. The molecule has 1 saturated heterocycles. The van der Waals surface area contributed by atoms with Crippen molar-refractivity contribution in [2.24, 2.45) is 0 Å². The van der Waals surface area contributed by atoms with Crippen molar-refractivity contribution < 1.29 is 23.4 Å². The van der Waals surface area contributed by atoms with Crippen molar-refractivity contribution in [2.75, 3.05) is 30.4 Å². The van der Waals surface area contributed by atoms with Crippen LogP contribution in [-0.4, -0.2) is 47.5 Å². The molecule has 0 spiro atoms. The molecular weight excluding hydrogens is 263 g/mol. The minimum absolute atomic E-state index is 0.0542. The van der Waals surface area contributed by atoms with Crippen LogP contribution in [0.3, 0.4) is 0 Å². The van der Waals surface area contributed by atoms with Gasteiger partial charge in [-0.2, -0.15) is 13.2 Å². The first kappa shape index (κ1) is 13.9. The first-order chi connectivity index (χ1) is 8.81. The van der Waals surface area contributed by atoms with Crippen LogP contribution in [0.5, 0.6) is 0 Å².